The van der Waals surface area contributed by atoms with Gasteiger partial charge in [-0.05, 0) is 61.8 Å². The maximum absolute atomic E-state index is 13.8. The van der Waals surface area contributed by atoms with Crippen LogP contribution in [-0.4, -0.2) is 82.9 Å². The first-order valence-electron chi connectivity index (χ1n) is 17.2. The van der Waals surface area contributed by atoms with E-state index in [1.54, 1.807) is 32.6 Å². The Balaban J connectivity index is 1.65. The Morgan fingerprint density at radius 3 is 2.71 bits per heavy atom. The highest BCUT2D eigenvalue weighted by Gasteiger charge is 2.45. The maximum Gasteiger partial charge on any atom is 0.302 e. The molecule has 1 fully saturated rings. The van der Waals surface area contributed by atoms with Gasteiger partial charge in [-0.3, -0.25) is 9.59 Å². The van der Waals surface area contributed by atoms with Crippen molar-refractivity contribution in [2.24, 2.45) is 27.6 Å². The van der Waals surface area contributed by atoms with Gasteiger partial charge in [-0.25, -0.2) is 4.99 Å². The molecule has 9 N–H and O–H groups in total. The highest BCUT2D eigenvalue weighted by Crippen LogP contribution is 2.45. The van der Waals surface area contributed by atoms with E-state index in [1.807, 2.05) is 12.1 Å². The van der Waals surface area contributed by atoms with E-state index in [1.165, 1.54) is 14.0 Å². The molecule has 49 heavy (non-hydrogen) atoms. The number of nitrogens with one attached hydrogen (secondary N) is 1. The van der Waals surface area contributed by atoms with Crippen LogP contribution in [-0.2, 0) is 27.3 Å². The van der Waals surface area contributed by atoms with E-state index in [2.05, 4.69) is 16.4 Å². The van der Waals surface area contributed by atoms with Crippen LogP contribution < -0.4 is 27.3 Å². The Kier molecular flexibility index (Phi) is 14.7. The minimum absolute atomic E-state index is 0.0147. The smallest absolute Gasteiger partial charge is 0.302 e. The molecule has 3 aliphatic rings. The second-order valence-electron chi connectivity index (χ2n) is 13.5. The van der Waals surface area contributed by atoms with Crippen molar-refractivity contribution in [3.63, 3.8) is 0 Å². The summed E-state index contributed by atoms with van der Waals surface area (Å²) in [5, 5.41) is 25.1. The molecule has 3 aliphatic heterocycles. The van der Waals surface area contributed by atoms with Crippen LogP contribution in [0.4, 0.5) is 0 Å². The van der Waals surface area contributed by atoms with Gasteiger partial charge in [0.2, 0.25) is 5.91 Å². The van der Waals surface area contributed by atoms with Crippen molar-refractivity contribution in [2.75, 3.05) is 31.7 Å². The van der Waals surface area contributed by atoms with Crippen LogP contribution in [0.1, 0.15) is 82.3 Å². The monoisotopic (exact) mass is 718 g/mol. The number of aliphatic hydroxyl groups is 1. The number of dihydropyridines is 1. The molecular formula is C35H54N6O6S2. The molecule has 0 radical (unpaired) electrons. The number of phenolic OH excluding ortho intramolecular Hbond substituents is 1. The summed E-state index contributed by atoms with van der Waals surface area (Å²) in [4.78, 5) is 32.2. The SMILES string of the molecule is COc1cc2cc(c1O)CN1C[C@@](CC3=CCNC(N)=C3)(CC1=O)C[C@H](N=C(N)N)CSSCCCCCC[C@H](O)C[C@H](OC(C)=O)CC2. The quantitative estimate of drug-likeness (QED) is 0.112. The number of allylic oxidation sites excluding steroid dienone is 2. The molecule has 0 aliphatic carbocycles. The lowest BCUT2D eigenvalue weighted by molar-refractivity contribution is -0.148. The lowest BCUT2D eigenvalue weighted by atomic mass is 9.75. The van der Waals surface area contributed by atoms with E-state index in [4.69, 9.17) is 26.7 Å². The third kappa shape index (κ3) is 12.2. The highest BCUT2D eigenvalue weighted by molar-refractivity contribution is 8.76. The molecule has 0 aromatic heterocycles. The Bertz CT molecular complexity index is 1390. The van der Waals surface area contributed by atoms with Gasteiger partial charge in [-0.1, -0.05) is 53.0 Å². The van der Waals surface area contributed by atoms with Crippen LogP contribution >= 0.6 is 21.6 Å². The lowest BCUT2D eigenvalue weighted by Crippen LogP contribution is -2.34. The molecule has 1 amide bonds. The minimum atomic E-state index is -0.567. The number of esters is 1. The van der Waals surface area contributed by atoms with Gasteiger partial charge in [0.05, 0.1) is 25.1 Å². The van der Waals surface area contributed by atoms with Crippen molar-refractivity contribution in [3.05, 3.63) is 46.8 Å². The van der Waals surface area contributed by atoms with Crippen molar-refractivity contribution in [1.82, 2.24) is 10.2 Å². The number of carbonyl (C=O) groups is 2. The second kappa shape index (κ2) is 18.7. The van der Waals surface area contributed by atoms with Crippen molar-refractivity contribution < 1.29 is 29.3 Å². The first kappa shape index (κ1) is 38.6. The van der Waals surface area contributed by atoms with E-state index in [-0.39, 0.29) is 36.2 Å². The third-order valence-corrected chi connectivity index (χ3v) is 11.8. The fourth-order valence-corrected chi connectivity index (χ4v) is 9.47. The zero-order chi connectivity index (χ0) is 35.4. The molecule has 3 heterocycles. The topological polar surface area (TPSA) is 199 Å². The number of aliphatic imine (C=N–C) groups is 1. The van der Waals surface area contributed by atoms with Gasteiger partial charge in [-0.15, -0.1) is 0 Å². The summed E-state index contributed by atoms with van der Waals surface area (Å²) in [7, 11) is 5.04. The predicted octanol–water partition coefficient (Wildman–Crippen LogP) is 3.83. The number of guanidine groups is 1. The fourth-order valence-electron chi connectivity index (χ4n) is 7.11. The van der Waals surface area contributed by atoms with Gasteiger partial charge in [-0.2, -0.15) is 0 Å². The third-order valence-electron chi connectivity index (χ3n) is 9.27. The molecule has 4 rings (SSSR count). The number of carbonyl (C=O) groups excluding carboxylic acids is 2. The Hall–Kier alpha value is -3.23. The summed E-state index contributed by atoms with van der Waals surface area (Å²) in [6.45, 7) is 2.65. The molecule has 14 heteroatoms. The molecule has 0 saturated carbocycles. The molecule has 4 bridgehead atoms. The maximum atomic E-state index is 13.8. The van der Waals surface area contributed by atoms with E-state index in [0.29, 0.717) is 80.9 Å². The van der Waals surface area contributed by atoms with E-state index in [9.17, 15) is 19.8 Å². The fraction of sp³-hybridized carbons (Fsp3) is 0.629. The molecule has 0 spiro atoms. The summed E-state index contributed by atoms with van der Waals surface area (Å²) in [6, 6.07) is 3.47. The number of methoxy groups -OCH3 is 1. The van der Waals surface area contributed by atoms with Crippen LogP contribution in [0.25, 0.3) is 0 Å². The second-order valence-corrected chi connectivity index (χ2v) is 16.2. The zero-order valence-corrected chi connectivity index (χ0v) is 30.5. The normalized spacial score (nSPS) is 26.5. The Morgan fingerprint density at radius 1 is 1.18 bits per heavy atom. The number of nitrogens with two attached hydrogens (primary N) is 3. The average molecular weight is 719 g/mol. The zero-order valence-electron chi connectivity index (χ0n) is 28.8. The van der Waals surface area contributed by atoms with Crippen molar-refractivity contribution in [3.8, 4) is 11.5 Å². The largest absolute Gasteiger partial charge is 0.504 e. The molecule has 1 saturated heterocycles. The van der Waals surface area contributed by atoms with Crippen molar-refractivity contribution in [1.29, 1.82) is 0 Å². The first-order chi connectivity index (χ1) is 23.4. The number of hydrogen-bond donors (Lipinski definition) is 6. The number of aryl methyl sites for hydroxylation is 1. The standard InChI is InChI=1S/C35H54N6O6S2/c1-23(42)47-29-9-8-24-13-26(33(45)30(14-24)46-2)20-41-22-35(19-32(41)44,17-25-10-11-39-31(36)15-25)18-27(40-34(37)38)21-49-48-12-6-4-3-5-7-28(43)16-29/h10,13-15,27-29,39,43,45H,3-9,11-12,16-22,36H2,1-2H3,(H4,37,38,40)/t27-,28-,29+,35+/m0/s1. The molecule has 1 aromatic rings. The molecule has 0 unspecified atom stereocenters. The van der Waals surface area contributed by atoms with Crippen LogP contribution in [0.5, 0.6) is 11.5 Å². The van der Waals surface area contributed by atoms with Crippen LogP contribution in [0.3, 0.4) is 0 Å². The number of aliphatic hydroxyl groups excluding tert-OH is 1. The van der Waals surface area contributed by atoms with Crippen molar-refractivity contribution >= 4 is 39.4 Å². The van der Waals surface area contributed by atoms with Gasteiger partial charge in [0.15, 0.2) is 17.5 Å². The number of ether oxygens (including phenoxy) is 2. The number of hydrogen-bond acceptors (Lipinski definition) is 11. The average Bonchev–Trinajstić information content (AvgIpc) is 3.32. The van der Waals surface area contributed by atoms with E-state index < -0.39 is 17.6 Å². The lowest BCUT2D eigenvalue weighted by Gasteiger charge is -2.33. The van der Waals surface area contributed by atoms with E-state index in [0.717, 1.165) is 42.6 Å². The molecule has 12 nitrogen and oxygen atoms in total. The molecule has 1 aromatic carbocycles. The predicted molar refractivity (Wildman–Crippen MR) is 197 cm³/mol. The summed E-state index contributed by atoms with van der Waals surface area (Å²) in [5.41, 5.74) is 20.0. The first-order valence-corrected chi connectivity index (χ1v) is 19.7. The summed E-state index contributed by atoms with van der Waals surface area (Å²) in [5.74, 6) is 2.21. The molecule has 4 atom stereocenters. The summed E-state index contributed by atoms with van der Waals surface area (Å²) in [6.07, 6.45) is 10.7. The summed E-state index contributed by atoms with van der Waals surface area (Å²) < 4.78 is 11.1. The molecular weight excluding hydrogens is 665 g/mol. The number of rotatable bonds is 5. The van der Waals surface area contributed by atoms with Gasteiger partial charge >= 0.3 is 5.97 Å². The van der Waals surface area contributed by atoms with Crippen LogP contribution in [0, 0.1) is 5.41 Å². The Labute approximate surface area is 298 Å². The highest BCUT2D eigenvalue weighted by atomic mass is 33.1. The van der Waals surface area contributed by atoms with E-state index >= 15 is 0 Å². The summed E-state index contributed by atoms with van der Waals surface area (Å²) >= 11 is 0. The number of benzene rings is 1. The number of amides is 1. The number of nitrogens with zero attached hydrogens (tertiary/aromatic N) is 2. The van der Waals surface area contributed by atoms with Gasteiger partial charge in [0, 0.05) is 61.9 Å². The van der Waals surface area contributed by atoms with Gasteiger partial charge < -0.3 is 47.1 Å². The van der Waals surface area contributed by atoms with Crippen LogP contribution in [0.2, 0.25) is 0 Å². The van der Waals surface area contributed by atoms with Crippen molar-refractivity contribution in [2.45, 2.75) is 102 Å². The Morgan fingerprint density at radius 2 is 1.98 bits per heavy atom. The number of fused-ring (bicyclic) bond motifs is 4. The van der Waals surface area contributed by atoms with Gasteiger partial charge in [0.25, 0.3) is 0 Å². The number of phenols is 1. The van der Waals surface area contributed by atoms with Gasteiger partial charge in [0.1, 0.15) is 6.10 Å². The molecule has 272 valence electrons. The number of aromatic hydroxyl groups is 1. The van der Waals surface area contributed by atoms with Crippen LogP contribution in [0.15, 0.2) is 40.7 Å². The minimum Gasteiger partial charge on any atom is -0.504 e.